The Hall–Kier alpha value is 0.515. The summed E-state index contributed by atoms with van der Waals surface area (Å²) in [4.78, 5) is 44.2. The van der Waals surface area contributed by atoms with Crippen LogP contribution in [0.15, 0.2) is 0 Å². The van der Waals surface area contributed by atoms with Gasteiger partial charge in [-0.3, -0.25) is 13.7 Å². The molecule has 102 valence electrons. The van der Waals surface area contributed by atoms with Crippen molar-refractivity contribution in [2.24, 2.45) is 0 Å². The third-order valence-electron chi connectivity index (χ3n) is 1.70. The molecule has 0 aliphatic heterocycles. The highest BCUT2D eigenvalue weighted by Crippen LogP contribution is 2.55. The molecule has 0 aromatic rings. The van der Waals surface area contributed by atoms with E-state index in [0.29, 0.717) is 0 Å². The molecule has 0 saturated heterocycles. The first-order valence-corrected chi connectivity index (χ1v) is 9.68. The van der Waals surface area contributed by atoms with Gasteiger partial charge >= 0.3 is 22.8 Å². The van der Waals surface area contributed by atoms with Gasteiger partial charge < -0.3 is 28.9 Å². The Morgan fingerprint density at radius 1 is 1.06 bits per heavy atom. The molecule has 9 nitrogen and oxygen atoms in total. The molecule has 0 heterocycles. The zero-order valence-electron chi connectivity index (χ0n) is 8.91. The smallest absolute Gasteiger partial charge is 0.329 e. The lowest BCUT2D eigenvalue weighted by Crippen LogP contribution is -2.20. The number of hydrogen-bond acceptors (Lipinski definition) is 4. The lowest BCUT2D eigenvalue weighted by atomic mass is 10.1. The van der Waals surface area contributed by atoms with Crippen LogP contribution in [0.1, 0.15) is 0 Å². The molecule has 0 aromatic carbocycles. The maximum absolute atomic E-state index is 11.3. The van der Waals surface area contributed by atoms with Crippen LogP contribution >= 0.6 is 22.8 Å². The molecule has 5 N–H and O–H groups in total. The Labute approximate surface area is 98.3 Å². The minimum atomic E-state index is -4.90. The molecule has 0 spiro atoms. The van der Waals surface area contributed by atoms with Crippen molar-refractivity contribution in [3.8, 4) is 0 Å². The van der Waals surface area contributed by atoms with E-state index in [4.69, 9.17) is 19.6 Å². The van der Waals surface area contributed by atoms with Gasteiger partial charge in [-0.1, -0.05) is 6.82 Å². The number of rotatable bonds is 7. The molecule has 0 aliphatic rings. The zero-order valence-corrected chi connectivity index (χ0v) is 11.6. The monoisotopic (exact) mass is 310 g/mol. The molecule has 2 atom stereocenters. The summed E-state index contributed by atoms with van der Waals surface area (Å²) in [6.07, 6.45) is -2.18. The van der Waals surface area contributed by atoms with Crippen molar-refractivity contribution in [2.75, 3.05) is 12.3 Å². The van der Waals surface area contributed by atoms with Crippen molar-refractivity contribution >= 4 is 30.3 Å². The Kier molecular flexibility index (Phi) is 6.29. The van der Waals surface area contributed by atoms with E-state index in [1.807, 2.05) is 0 Å². The third kappa shape index (κ3) is 8.27. The Balaban J connectivity index is 4.92. The molecule has 17 heavy (non-hydrogen) atoms. The van der Waals surface area contributed by atoms with Gasteiger partial charge in [0.15, 0.2) is 0 Å². The highest BCUT2D eigenvalue weighted by molar-refractivity contribution is 7.59. The Bertz CT molecular complexity index is 384. The summed E-state index contributed by atoms with van der Waals surface area (Å²) in [5, 5.41) is 0. The zero-order chi connectivity index (χ0) is 13.9. The molecule has 0 fully saturated rings. The van der Waals surface area contributed by atoms with E-state index < -0.39 is 40.8 Å². The predicted molar refractivity (Wildman–Crippen MR) is 61.5 cm³/mol. The third-order valence-corrected chi connectivity index (χ3v) is 6.07. The normalized spacial score (nSPS) is 18.5. The summed E-state index contributed by atoms with van der Waals surface area (Å²) in [5.74, 6) is 0. The van der Waals surface area contributed by atoms with Crippen molar-refractivity contribution in [1.82, 2.24) is 0 Å². The van der Waals surface area contributed by atoms with Gasteiger partial charge in [0.05, 0.1) is 18.0 Å². The van der Waals surface area contributed by atoms with Crippen LogP contribution in [0.3, 0.4) is 0 Å². The highest BCUT2D eigenvalue weighted by Gasteiger charge is 2.40. The predicted octanol–water partition coefficient (Wildman–Crippen LogP) is -0.688. The second-order valence-corrected chi connectivity index (χ2v) is 8.83. The van der Waals surface area contributed by atoms with Crippen LogP contribution in [0.5, 0.6) is 0 Å². The summed E-state index contributed by atoms with van der Waals surface area (Å²) in [6, 6.07) is 0. The highest BCUT2D eigenvalue weighted by atomic mass is 31.2. The van der Waals surface area contributed by atoms with E-state index >= 15 is 0 Å². The van der Waals surface area contributed by atoms with Crippen LogP contribution in [0, 0.1) is 0 Å². The van der Waals surface area contributed by atoms with Crippen LogP contribution in [0.25, 0.3) is 0 Å². The summed E-state index contributed by atoms with van der Waals surface area (Å²) in [6.45, 7) is 1.40. The van der Waals surface area contributed by atoms with Crippen molar-refractivity contribution < 1.29 is 42.6 Å². The summed E-state index contributed by atoms with van der Waals surface area (Å²) in [7, 11) is -14.0. The van der Waals surface area contributed by atoms with Crippen LogP contribution in [-0.4, -0.2) is 49.9 Å². The summed E-state index contributed by atoms with van der Waals surface area (Å²) in [5.41, 5.74) is -1.91. The average Bonchev–Trinajstić information content (AvgIpc) is 1.97. The van der Waals surface area contributed by atoms with E-state index in [-0.39, 0.29) is 7.48 Å². The molecule has 0 aromatic heterocycles. The van der Waals surface area contributed by atoms with E-state index in [2.05, 4.69) is 4.44 Å². The standard InChI is InChI=1S/C4H14BO9P3/c1-5-14-16(9,10)3-4(17(11,12)13)2-15(6,7)8/h4-5H,2-3H2,1H3,(H,9,10)(H2,6,7,8)(H2,11,12,13). The van der Waals surface area contributed by atoms with E-state index in [1.54, 1.807) is 0 Å². The van der Waals surface area contributed by atoms with Crippen LogP contribution in [0.2, 0.25) is 6.82 Å². The molecule has 2 unspecified atom stereocenters. The first-order valence-electron chi connectivity index (χ1n) is 4.43. The van der Waals surface area contributed by atoms with E-state index in [9.17, 15) is 18.6 Å². The first-order chi connectivity index (χ1) is 7.37. The van der Waals surface area contributed by atoms with Gasteiger partial charge in [-0.15, -0.1) is 0 Å². The average molecular weight is 310 g/mol. The van der Waals surface area contributed by atoms with Gasteiger partial charge in [-0.2, -0.15) is 0 Å². The van der Waals surface area contributed by atoms with Crippen LogP contribution < -0.4 is 0 Å². The quantitative estimate of drug-likeness (QED) is 0.302. The Morgan fingerprint density at radius 3 is 1.82 bits per heavy atom. The Morgan fingerprint density at radius 2 is 1.53 bits per heavy atom. The van der Waals surface area contributed by atoms with Gasteiger partial charge in [0.1, 0.15) is 0 Å². The van der Waals surface area contributed by atoms with Crippen molar-refractivity contribution in [1.29, 1.82) is 0 Å². The molecule has 0 aliphatic carbocycles. The SMILES string of the molecule is CBOP(=O)(O)CC(CP(=O)(O)O)P(=O)(O)O. The molecule has 0 bridgehead atoms. The van der Waals surface area contributed by atoms with Crippen molar-refractivity contribution in [3.05, 3.63) is 0 Å². The van der Waals surface area contributed by atoms with Gasteiger partial charge in [-0.05, 0) is 0 Å². The van der Waals surface area contributed by atoms with Crippen molar-refractivity contribution in [3.63, 3.8) is 0 Å². The fourth-order valence-electron chi connectivity index (χ4n) is 1.07. The molecular weight excluding hydrogens is 296 g/mol. The van der Waals surface area contributed by atoms with Crippen LogP contribution in [-0.2, 0) is 18.1 Å². The maximum atomic E-state index is 11.3. The van der Waals surface area contributed by atoms with Gasteiger partial charge in [0.25, 0.3) is 7.48 Å². The topological polar surface area (TPSA) is 162 Å². The molecular formula is C4H14BO9P3. The molecule has 0 rings (SSSR count). The van der Waals surface area contributed by atoms with Crippen LogP contribution in [0.4, 0.5) is 0 Å². The van der Waals surface area contributed by atoms with E-state index in [1.165, 1.54) is 6.82 Å². The van der Waals surface area contributed by atoms with Crippen molar-refractivity contribution in [2.45, 2.75) is 12.5 Å². The van der Waals surface area contributed by atoms with Gasteiger partial charge in [0.2, 0.25) is 0 Å². The minimum absolute atomic E-state index is 0.155. The fourth-order valence-corrected chi connectivity index (χ4v) is 6.08. The lowest BCUT2D eigenvalue weighted by molar-refractivity contribution is 0.343. The largest absolute Gasteiger partial charge is 0.375 e. The summed E-state index contributed by atoms with van der Waals surface area (Å²) < 4.78 is 37.3. The molecule has 0 saturated carbocycles. The lowest BCUT2D eigenvalue weighted by Gasteiger charge is -2.21. The first kappa shape index (κ1) is 17.5. The number of hydrogen-bond donors (Lipinski definition) is 5. The minimum Gasteiger partial charge on any atom is -0.375 e. The van der Waals surface area contributed by atoms with E-state index in [0.717, 1.165) is 0 Å². The molecule has 0 radical (unpaired) electrons. The molecule has 13 heteroatoms. The second kappa shape index (κ2) is 6.11. The van der Waals surface area contributed by atoms with Gasteiger partial charge in [0, 0.05) is 0 Å². The maximum Gasteiger partial charge on any atom is 0.329 e. The summed E-state index contributed by atoms with van der Waals surface area (Å²) >= 11 is 0. The second-order valence-electron chi connectivity index (χ2n) is 3.33. The van der Waals surface area contributed by atoms with Gasteiger partial charge in [-0.25, -0.2) is 0 Å². The fraction of sp³-hybridized carbons (Fsp3) is 1.00. The molecule has 0 amide bonds.